The molecule has 0 aliphatic carbocycles. The van der Waals surface area contributed by atoms with Crippen molar-refractivity contribution >= 4 is 27.8 Å². The van der Waals surface area contributed by atoms with Gasteiger partial charge in [0.05, 0.1) is 12.8 Å². The van der Waals surface area contributed by atoms with E-state index in [4.69, 9.17) is 4.74 Å². The Morgan fingerprint density at radius 3 is 2.46 bits per heavy atom. The molecule has 0 saturated carbocycles. The predicted molar refractivity (Wildman–Crippen MR) is 103 cm³/mol. The van der Waals surface area contributed by atoms with Crippen LogP contribution in [-0.4, -0.2) is 17.9 Å². The Morgan fingerprint density at radius 2 is 1.75 bits per heavy atom. The zero-order chi connectivity index (χ0) is 17.1. The van der Waals surface area contributed by atoms with Crippen molar-refractivity contribution in [3.05, 3.63) is 76.0 Å². The van der Waals surface area contributed by atoms with Crippen LogP contribution in [0, 0.1) is 13.8 Å². The van der Waals surface area contributed by atoms with Gasteiger partial charge in [0.2, 0.25) is 0 Å². The average molecular weight is 383 g/mol. The number of hydrogen-bond acceptors (Lipinski definition) is 2. The molecule has 1 aromatic heterocycles. The van der Waals surface area contributed by atoms with E-state index >= 15 is 0 Å². The van der Waals surface area contributed by atoms with Gasteiger partial charge in [0, 0.05) is 39.4 Å². The molecule has 0 bridgehead atoms. The number of ether oxygens (including phenoxy) is 1. The minimum Gasteiger partial charge on any atom is -0.497 e. The Kier molecular flexibility index (Phi) is 4.86. The van der Waals surface area contributed by atoms with Gasteiger partial charge in [-0.2, -0.15) is 0 Å². The molecule has 0 aliphatic heterocycles. The normalized spacial score (nSPS) is 11.2. The highest BCUT2D eigenvalue weighted by atomic mass is 79.9. The van der Waals surface area contributed by atoms with Gasteiger partial charge in [-0.1, -0.05) is 24.3 Å². The third-order valence-electron chi connectivity index (χ3n) is 4.03. The summed E-state index contributed by atoms with van der Waals surface area (Å²) in [5, 5.41) is 0. The number of methoxy groups -OCH3 is 1. The summed E-state index contributed by atoms with van der Waals surface area (Å²) in [6, 6.07) is 18.1. The number of benzene rings is 2. The standard InChI is InChI=1S/C20H19BrN2O/c1-14-19(13-22-16-8-7-11-18(12-16)24-3)20(21)15(2)23(14)17-9-5-4-6-10-17/h4-13H,1-3H3. The molecular formula is C20H19BrN2O. The molecule has 0 atom stereocenters. The molecule has 0 radical (unpaired) electrons. The fraction of sp³-hybridized carbons (Fsp3) is 0.150. The highest BCUT2D eigenvalue weighted by Crippen LogP contribution is 2.30. The molecule has 2 aromatic carbocycles. The molecule has 0 unspecified atom stereocenters. The van der Waals surface area contributed by atoms with Crippen LogP contribution in [0.3, 0.4) is 0 Å². The summed E-state index contributed by atoms with van der Waals surface area (Å²) in [5.74, 6) is 0.804. The van der Waals surface area contributed by atoms with E-state index in [-0.39, 0.29) is 0 Å². The van der Waals surface area contributed by atoms with Gasteiger partial charge >= 0.3 is 0 Å². The number of halogens is 1. The van der Waals surface area contributed by atoms with E-state index in [1.807, 2.05) is 48.7 Å². The summed E-state index contributed by atoms with van der Waals surface area (Å²) in [4.78, 5) is 4.61. The number of aliphatic imine (C=N–C) groups is 1. The zero-order valence-electron chi connectivity index (χ0n) is 14.0. The van der Waals surface area contributed by atoms with Crippen molar-refractivity contribution in [2.24, 2.45) is 4.99 Å². The fourth-order valence-electron chi connectivity index (χ4n) is 2.77. The van der Waals surface area contributed by atoms with E-state index in [0.717, 1.165) is 38.5 Å². The maximum atomic E-state index is 5.25. The molecule has 0 fully saturated rings. The molecule has 3 aromatic rings. The Morgan fingerprint density at radius 1 is 1.00 bits per heavy atom. The van der Waals surface area contributed by atoms with Gasteiger partial charge < -0.3 is 9.30 Å². The van der Waals surface area contributed by atoms with Crippen LogP contribution in [0.25, 0.3) is 5.69 Å². The Bertz CT molecular complexity index is 882. The highest BCUT2D eigenvalue weighted by Gasteiger charge is 2.15. The summed E-state index contributed by atoms with van der Waals surface area (Å²) in [6.45, 7) is 4.21. The SMILES string of the molecule is COc1cccc(N=Cc2c(Br)c(C)n(-c3ccccc3)c2C)c1. The van der Waals surface area contributed by atoms with Crippen molar-refractivity contribution in [1.29, 1.82) is 0 Å². The summed E-state index contributed by atoms with van der Waals surface area (Å²) in [6.07, 6.45) is 1.90. The van der Waals surface area contributed by atoms with Crippen molar-refractivity contribution in [3.8, 4) is 11.4 Å². The minimum absolute atomic E-state index is 0.804. The van der Waals surface area contributed by atoms with Crippen LogP contribution in [0.4, 0.5) is 5.69 Å². The van der Waals surface area contributed by atoms with E-state index < -0.39 is 0 Å². The van der Waals surface area contributed by atoms with Crippen molar-refractivity contribution in [3.63, 3.8) is 0 Å². The Balaban J connectivity index is 2.01. The first-order valence-electron chi connectivity index (χ1n) is 7.72. The number of para-hydroxylation sites is 1. The maximum Gasteiger partial charge on any atom is 0.121 e. The maximum absolute atomic E-state index is 5.25. The molecule has 0 amide bonds. The van der Waals surface area contributed by atoms with Crippen molar-refractivity contribution in [1.82, 2.24) is 4.57 Å². The molecule has 0 N–H and O–H groups in total. The van der Waals surface area contributed by atoms with Gasteiger partial charge in [0.1, 0.15) is 5.75 Å². The summed E-state index contributed by atoms with van der Waals surface area (Å²) >= 11 is 3.71. The van der Waals surface area contributed by atoms with Gasteiger partial charge in [0.25, 0.3) is 0 Å². The topological polar surface area (TPSA) is 26.5 Å². The van der Waals surface area contributed by atoms with Crippen molar-refractivity contribution in [2.45, 2.75) is 13.8 Å². The number of nitrogens with zero attached hydrogens (tertiary/aromatic N) is 2. The minimum atomic E-state index is 0.804. The van der Waals surface area contributed by atoms with Crippen LogP contribution < -0.4 is 4.74 Å². The second-order valence-electron chi connectivity index (χ2n) is 5.53. The van der Waals surface area contributed by atoms with E-state index in [1.54, 1.807) is 7.11 Å². The van der Waals surface area contributed by atoms with E-state index in [0.29, 0.717) is 0 Å². The Hall–Kier alpha value is -2.33. The number of hydrogen-bond donors (Lipinski definition) is 0. The van der Waals surface area contributed by atoms with Gasteiger partial charge in [-0.05, 0) is 54.0 Å². The molecule has 3 rings (SSSR count). The van der Waals surface area contributed by atoms with Gasteiger partial charge in [-0.3, -0.25) is 4.99 Å². The molecule has 1 heterocycles. The van der Waals surface area contributed by atoms with Crippen LogP contribution in [-0.2, 0) is 0 Å². The van der Waals surface area contributed by atoms with Gasteiger partial charge in [0.15, 0.2) is 0 Å². The lowest BCUT2D eigenvalue weighted by Crippen LogP contribution is -1.99. The molecular weight excluding hydrogens is 364 g/mol. The summed E-state index contributed by atoms with van der Waals surface area (Å²) in [5.41, 5.74) is 5.40. The third kappa shape index (κ3) is 3.15. The summed E-state index contributed by atoms with van der Waals surface area (Å²) in [7, 11) is 1.66. The van der Waals surface area contributed by atoms with Crippen LogP contribution in [0.1, 0.15) is 17.0 Å². The van der Waals surface area contributed by atoms with E-state index in [2.05, 4.69) is 51.5 Å². The van der Waals surface area contributed by atoms with E-state index in [9.17, 15) is 0 Å². The first kappa shape index (κ1) is 16.5. The second kappa shape index (κ2) is 7.05. The second-order valence-corrected chi connectivity index (χ2v) is 6.32. The van der Waals surface area contributed by atoms with Crippen molar-refractivity contribution < 1.29 is 4.74 Å². The molecule has 0 saturated heterocycles. The lowest BCUT2D eigenvalue weighted by Gasteiger charge is -2.08. The van der Waals surface area contributed by atoms with Gasteiger partial charge in [-0.25, -0.2) is 0 Å². The molecule has 0 spiro atoms. The number of aromatic nitrogens is 1. The smallest absolute Gasteiger partial charge is 0.121 e. The monoisotopic (exact) mass is 382 g/mol. The molecule has 24 heavy (non-hydrogen) atoms. The molecule has 3 nitrogen and oxygen atoms in total. The first-order valence-corrected chi connectivity index (χ1v) is 8.52. The third-order valence-corrected chi connectivity index (χ3v) is 5.03. The fourth-order valence-corrected chi connectivity index (χ4v) is 3.33. The summed E-state index contributed by atoms with van der Waals surface area (Å²) < 4.78 is 8.55. The van der Waals surface area contributed by atoms with Crippen LogP contribution in [0.2, 0.25) is 0 Å². The van der Waals surface area contributed by atoms with Crippen molar-refractivity contribution in [2.75, 3.05) is 7.11 Å². The van der Waals surface area contributed by atoms with Crippen LogP contribution >= 0.6 is 15.9 Å². The molecule has 122 valence electrons. The van der Waals surface area contributed by atoms with Gasteiger partial charge in [-0.15, -0.1) is 0 Å². The zero-order valence-corrected chi connectivity index (χ0v) is 15.5. The molecule has 4 heteroatoms. The largest absolute Gasteiger partial charge is 0.497 e. The lowest BCUT2D eigenvalue weighted by molar-refractivity contribution is 0.415. The van der Waals surface area contributed by atoms with Crippen LogP contribution in [0.5, 0.6) is 5.75 Å². The quantitative estimate of drug-likeness (QED) is 0.538. The lowest BCUT2D eigenvalue weighted by atomic mass is 10.2. The Labute approximate surface area is 150 Å². The number of rotatable bonds is 4. The average Bonchev–Trinajstić information content (AvgIpc) is 2.83. The first-order chi connectivity index (χ1) is 11.6. The predicted octanol–water partition coefficient (Wildman–Crippen LogP) is 5.62. The highest BCUT2D eigenvalue weighted by molar-refractivity contribution is 9.10. The molecule has 0 aliphatic rings. The van der Waals surface area contributed by atoms with E-state index in [1.165, 1.54) is 0 Å². The van der Waals surface area contributed by atoms with Crippen LogP contribution in [0.15, 0.2) is 64.1 Å².